The van der Waals surface area contributed by atoms with Crippen molar-refractivity contribution in [1.82, 2.24) is 9.88 Å². The summed E-state index contributed by atoms with van der Waals surface area (Å²) in [6.45, 7) is 9.98. The SMILES string of the molecule is C=CCN(CCc1c(C)[nH]c2cccc(OC(C)=O)c12)C(C)CF. The Bertz CT molecular complexity index is 723. The molecule has 24 heavy (non-hydrogen) atoms. The molecule has 1 aromatic carbocycles. The van der Waals surface area contributed by atoms with Crippen molar-refractivity contribution in [3.05, 3.63) is 42.1 Å². The highest BCUT2D eigenvalue weighted by molar-refractivity contribution is 5.92. The van der Waals surface area contributed by atoms with Crippen molar-refractivity contribution in [3.8, 4) is 5.75 Å². The molecule has 5 heteroatoms. The molecule has 0 amide bonds. The van der Waals surface area contributed by atoms with Crippen molar-refractivity contribution in [2.75, 3.05) is 19.8 Å². The highest BCUT2D eigenvalue weighted by Gasteiger charge is 2.17. The summed E-state index contributed by atoms with van der Waals surface area (Å²) in [7, 11) is 0. The Hall–Kier alpha value is -2.14. The molecular formula is C19H25FN2O2. The summed E-state index contributed by atoms with van der Waals surface area (Å²) in [5, 5.41) is 0.927. The molecule has 0 radical (unpaired) electrons. The summed E-state index contributed by atoms with van der Waals surface area (Å²) in [4.78, 5) is 16.8. The quantitative estimate of drug-likeness (QED) is 0.454. The van der Waals surface area contributed by atoms with E-state index in [0.717, 1.165) is 28.6 Å². The Morgan fingerprint density at radius 3 is 2.88 bits per heavy atom. The second-order valence-electron chi connectivity index (χ2n) is 6.04. The van der Waals surface area contributed by atoms with Gasteiger partial charge in [-0.2, -0.15) is 0 Å². The number of rotatable bonds is 8. The van der Waals surface area contributed by atoms with Crippen molar-refractivity contribution >= 4 is 16.9 Å². The first-order valence-corrected chi connectivity index (χ1v) is 8.17. The monoisotopic (exact) mass is 332 g/mol. The van der Waals surface area contributed by atoms with Gasteiger partial charge in [0.25, 0.3) is 0 Å². The zero-order valence-electron chi connectivity index (χ0n) is 14.6. The molecule has 0 saturated heterocycles. The number of halogens is 1. The summed E-state index contributed by atoms with van der Waals surface area (Å²) in [5.74, 6) is 0.222. The summed E-state index contributed by atoms with van der Waals surface area (Å²) in [6.07, 6.45) is 2.53. The van der Waals surface area contributed by atoms with Gasteiger partial charge >= 0.3 is 5.97 Å². The van der Waals surface area contributed by atoms with Gasteiger partial charge in [0, 0.05) is 42.7 Å². The molecular weight excluding hydrogens is 307 g/mol. The minimum Gasteiger partial charge on any atom is -0.426 e. The fourth-order valence-corrected chi connectivity index (χ4v) is 2.97. The van der Waals surface area contributed by atoms with Crippen LogP contribution in [0.5, 0.6) is 5.75 Å². The Labute approximate surface area is 142 Å². The number of fused-ring (bicyclic) bond motifs is 1. The van der Waals surface area contributed by atoms with Gasteiger partial charge in [-0.1, -0.05) is 12.1 Å². The van der Waals surface area contributed by atoms with E-state index in [4.69, 9.17) is 4.74 Å². The lowest BCUT2D eigenvalue weighted by Gasteiger charge is -2.25. The maximum atomic E-state index is 13.0. The number of ether oxygens (including phenoxy) is 1. The van der Waals surface area contributed by atoms with Gasteiger partial charge in [0.1, 0.15) is 12.4 Å². The summed E-state index contributed by atoms with van der Waals surface area (Å²) in [5.41, 5.74) is 3.08. The van der Waals surface area contributed by atoms with E-state index in [1.54, 1.807) is 12.1 Å². The van der Waals surface area contributed by atoms with E-state index in [1.807, 2.05) is 26.0 Å². The average Bonchev–Trinajstić information content (AvgIpc) is 2.86. The lowest BCUT2D eigenvalue weighted by molar-refractivity contribution is -0.131. The fraction of sp³-hybridized carbons (Fsp3) is 0.421. The molecule has 1 heterocycles. The number of aryl methyl sites for hydroxylation is 1. The molecule has 1 aromatic heterocycles. The molecule has 4 nitrogen and oxygen atoms in total. The predicted octanol–water partition coefficient (Wildman–Crippen LogP) is 3.79. The Morgan fingerprint density at radius 1 is 1.50 bits per heavy atom. The van der Waals surface area contributed by atoms with E-state index in [2.05, 4.69) is 16.5 Å². The number of carbonyl (C=O) groups is 1. The molecule has 1 N–H and O–H groups in total. The molecule has 0 aliphatic heterocycles. The van der Waals surface area contributed by atoms with E-state index < -0.39 is 0 Å². The highest BCUT2D eigenvalue weighted by atomic mass is 19.1. The lowest BCUT2D eigenvalue weighted by Crippen LogP contribution is -2.36. The van der Waals surface area contributed by atoms with Crippen molar-refractivity contribution < 1.29 is 13.9 Å². The first-order chi connectivity index (χ1) is 11.5. The summed E-state index contributed by atoms with van der Waals surface area (Å²) >= 11 is 0. The number of hydrogen-bond acceptors (Lipinski definition) is 3. The molecule has 0 saturated carbocycles. The molecule has 0 spiro atoms. The van der Waals surface area contributed by atoms with Crippen LogP contribution in [-0.4, -0.2) is 41.7 Å². The zero-order chi connectivity index (χ0) is 17.7. The summed E-state index contributed by atoms with van der Waals surface area (Å²) in [6, 6.07) is 5.47. The molecule has 0 aliphatic rings. The Balaban J connectivity index is 2.32. The van der Waals surface area contributed by atoms with Gasteiger partial charge in [0.2, 0.25) is 0 Å². The van der Waals surface area contributed by atoms with E-state index in [1.165, 1.54) is 6.92 Å². The number of carbonyl (C=O) groups excluding carboxylic acids is 1. The molecule has 2 aromatic rings. The molecule has 1 atom stereocenters. The van der Waals surface area contributed by atoms with Crippen LogP contribution in [0.25, 0.3) is 10.9 Å². The number of aromatic nitrogens is 1. The maximum Gasteiger partial charge on any atom is 0.308 e. The van der Waals surface area contributed by atoms with E-state index in [-0.39, 0.29) is 18.7 Å². The lowest BCUT2D eigenvalue weighted by atomic mass is 10.1. The third kappa shape index (κ3) is 4.03. The van der Waals surface area contributed by atoms with Gasteiger partial charge < -0.3 is 9.72 Å². The normalized spacial score (nSPS) is 12.5. The second kappa shape index (κ2) is 8.11. The minimum absolute atomic E-state index is 0.151. The standard InChI is InChI=1S/C19H25FN2O2/c1-5-10-22(13(2)12-20)11-9-16-14(3)21-17-7-6-8-18(19(16)17)24-15(4)23/h5-8,13,21H,1,9-12H2,2-4H3. The molecule has 0 aliphatic carbocycles. The van der Waals surface area contributed by atoms with Crippen LogP contribution < -0.4 is 4.74 Å². The second-order valence-corrected chi connectivity index (χ2v) is 6.04. The number of nitrogens with zero attached hydrogens (tertiary/aromatic N) is 1. The first kappa shape index (κ1) is 18.2. The first-order valence-electron chi connectivity index (χ1n) is 8.17. The number of aromatic amines is 1. The number of alkyl halides is 1. The van der Waals surface area contributed by atoms with Crippen LogP contribution in [0.2, 0.25) is 0 Å². The van der Waals surface area contributed by atoms with Crippen LogP contribution in [-0.2, 0) is 11.2 Å². The Morgan fingerprint density at radius 2 is 2.25 bits per heavy atom. The predicted molar refractivity (Wildman–Crippen MR) is 95.3 cm³/mol. The van der Waals surface area contributed by atoms with Crippen molar-refractivity contribution in [2.24, 2.45) is 0 Å². The number of nitrogens with one attached hydrogen (secondary N) is 1. The van der Waals surface area contributed by atoms with Gasteiger partial charge in [0.15, 0.2) is 0 Å². The molecule has 2 rings (SSSR count). The van der Waals surface area contributed by atoms with Crippen LogP contribution in [0.15, 0.2) is 30.9 Å². The largest absolute Gasteiger partial charge is 0.426 e. The van der Waals surface area contributed by atoms with Crippen LogP contribution in [0.4, 0.5) is 4.39 Å². The molecule has 0 bridgehead atoms. The van der Waals surface area contributed by atoms with Crippen LogP contribution in [0, 0.1) is 6.92 Å². The van der Waals surface area contributed by atoms with Crippen molar-refractivity contribution in [3.63, 3.8) is 0 Å². The fourth-order valence-electron chi connectivity index (χ4n) is 2.97. The minimum atomic E-state index is -0.389. The van der Waals surface area contributed by atoms with Gasteiger partial charge in [-0.25, -0.2) is 4.39 Å². The number of hydrogen-bond donors (Lipinski definition) is 1. The van der Waals surface area contributed by atoms with E-state index in [0.29, 0.717) is 18.8 Å². The maximum absolute atomic E-state index is 13.0. The molecule has 130 valence electrons. The van der Waals surface area contributed by atoms with Crippen LogP contribution >= 0.6 is 0 Å². The highest BCUT2D eigenvalue weighted by Crippen LogP contribution is 2.31. The van der Waals surface area contributed by atoms with E-state index in [9.17, 15) is 9.18 Å². The van der Waals surface area contributed by atoms with Crippen molar-refractivity contribution in [2.45, 2.75) is 33.2 Å². The number of esters is 1. The third-order valence-corrected chi connectivity index (χ3v) is 4.22. The van der Waals surface area contributed by atoms with Gasteiger partial charge in [-0.3, -0.25) is 9.69 Å². The van der Waals surface area contributed by atoms with E-state index >= 15 is 0 Å². The smallest absolute Gasteiger partial charge is 0.308 e. The molecule has 0 fully saturated rings. The van der Waals surface area contributed by atoms with Crippen molar-refractivity contribution in [1.29, 1.82) is 0 Å². The molecule has 1 unspecified atom stereocenters. The van der Waals surface area contributed by atoms with Gasteiger partial charge in [-0.05, 0) is 38.0 Å². The zero-order valence-corrected chi connectivity index (χ0v) is 14.6. The average molecular weight is 332 g/mol. The topological polar surface area (TPSA) is 45.3 Å². The third-order valence-electron chi connectivity index (χ3n) is 4.22. The Kier molecular flexibility index (Phi) is 6.15. The summed E-state index contributed by atoms with van der Waals surface area (Å²) < 4.78 is 18.4. The van der Waals surface area contributed by atoms with Gasteiger partial charge in [-0.15, -0.1) is 6.58 Å². The van der Waals surface area contributed by atoms with Crippen LogP contribution in [0.1, 0.15) is 25.1 Å². The number of benzene rings is 1. The van der Waals surface area contributed by atoms with Gasteiger partial charge in [0.05, 0.1) is 0 Å². The number of H-pyrrole nitrogens is 1. The van der Waals surface area contributed by atoms with Crippen LogP contribution in [0.3, 0.4) is 0 Å².